The molecule has 0 bridgehead atoms. The lowest BCUT2D eigenvalue weighted by atomic mass is 10.1. The number of anilines is 2. The minimum atomic E-state index is -0.615. The highest BCUT2D eigenvalue weighted by molar-refractivity contribution is 6.31. The number of carbonyl (C=O) groups excluding carboxylic acids is 2. The van der Waals surface area contributed by atoms with Gasteiger partial charge in [0.25, 0.3) is 17.5 Å². The molecule has 0 aliphatic rings. The van der Waals surface area contributed by atoms with Gasteiger partial charge in [0.1, 0.15) is 5.69 Å². The molecule has 0 aliphatic carbocycles. The van der Waals surface area contributed by atoms with Crippen molar-refractivity contribution in [3.05, 3.63) is 62.7 Å². The van der Waals surface area contributed by atoms with Gasteiger partial charge in [-0.25, -0.2) is 0 Å². The number of nitro benzene ring substituents is 1. The topological polar surface area (TPSA) is 106 Å². The molecule has 1 atom stereocenters. The Morgan fingerprint density at radius 1 is 1.07 bits per heavy atom. The van der Waals surface area contributed by atoms with Gasteiger partial charge >= 0.3 is 0 Å². The van der Waals surface area contributed by atoms with Crippen molar-refractivity contribution in [1.82, 2.24) is 0 Å². The van der Waals surface area contributed by atoms with Crippen molar-refractivity contribution < 1.29 is 19.4 Å². The minimum Gasteiger partial charge on any atom is -0.322 e. The lowest BCUT2D eigenvalue weighted by Gasteiger charge is -2.15. The van der Waals surface area contributed by atoms with E-state index in [1.54, 1.807) is 7.05 Å². The van der Waals surface area contributed by atoms with Crippen LogP contribution in [0.15, 0.2) is 36.4 Å². The Hall–Kier alpha value is -2.97. The van der Waals surface area contributed by atoms with Crippen LogP contribution in [0.5, 0.6) is 0 Å². The number of hydrogen-bond acceptors (Lipinski definition) is 4. The third-order valence-corrected chi connectivity index (χ3v) is 4.34. The zero-order valence-corrected chi connectivity index (χ0v) is 16.6. The van der Waals surface area contributed by atoms with Crippen LogP contribution < -0.4 is 15.5 Å². The van der Waals surface area contributed by atoms with Gasteiger partial charge in [-0.3, -0.25) is 19.7 Å². The molecule has 2 aromatic carbocycles. The number of amides is 2. The molecule has 2 aromatic rings. The smallest absolute Gasteiger partial charge is 0.294 e. The van der Waals surface area contributed by atoms with Crippen molar-refractivity contribution in [3.63, 3.8) is 0 Å². The average molecular weight is 406 g/mol. The molecule has 0 aliphatic heterocycles. The van der Waals surface area contributed by atoms with Gasteiger partial charge in [0.2, 0.25) is 0 Å². The number of nitrogens with one attached hydrogen (secondary N) is 3. The first-order chi connectivity index (χ1) is 13.2. The number of hydrogen-bond donors (Lipinski definition) is 3. The van der Waals surface area contributed by atoms with Crippen molar-refractivity contribution in [2.45, 2.75) is 13.8 Å². The first-order valence-corrected chi connectivity index (χ1v) is 8.96. The fourth-order valence-corrected chi connectivity index (χ4v) is 2.93. The zero-order chi connectivity index (χ0) is 20.8. The summed E-state index contributed by atoms with van der Waals surface area (Å²) in [6.45, 7) is 3.86. The lowest BCUT2D eigenvalue weighted by molar-refractivity contribution is -0.862. The molecule has 3 N–H and O–H groups in total. The number of likely N-dealkylation sites (N-methyl/N-ethyl adjacent to an activating group) is 1. The highest BCUT2D eigenvalue weighted by Crippen LogP contribution is 2.27. The Labute approximate surface area is 167 Å². The zero-order valence-electron chi connectivity index (χ0n) is 15.8. The van der Waals surface area contributed by atoms with E-state index in [4.69, 9.17) is 11.6 Å². The molecular formula is C19H22ClN4O4+. The van der Waals surface area contributed by atoms with Gasteiger partial charge in [-0.15, -0.1) is 0 Å². The van der Waals surface area contributed by atoms with E-state index in [2.05, 4.69) is 10.6 Å². The molecule has 1 unspecified atom stereocenters. The average Bonchev–Trinajstić information content (AvgIpc) is 2.59. The maximum atomic E-state index is 12.3. The molecule has 0 saturated carbocycles. The summed E-state index contributed by atoms with van der Waals surface area (Å²) in [6, 6.07) is 9.74. The summed E-state index contributed by atoms with van der Waals surface area (Å²) in [6.07, 6.45) is 0. The Morgan fingerprint density at radius 3 is 2.21 bits per heavy atom. The molecule has 2 rings (SSSR count). The van der Waals surface area contributed by atoms with E-state index >= 15 is 0 Å². The molecular weight excluding hydrogens is 384 g/mol. The molecule has 148 valence electrons. The van der Waals surface area contributed by atoms with E-state index in [9.17, 15) is 19.7 Å². The van der Waals surface area contributed by atoms with Gasteiger partial charge in [0.05, 0.1) is 12.0 Å². The molecule has 8 nitrogen and oxygen atoms in total. The molecule has 2 amide bonds. The second-order valence-corrected chi connectivity index (χ2v) is 7.03. The number of nitro groups is 1. The highest BCUT2D eigenvalue weighted by Gasteiger charge is 2.20. The van der Waals surface area contributed by atoms with Gasteiger partial charge in [-0.2, -0.15) is 0 Å². The maximum Gasteiger partial charge on any atom is 0.294 e. The summed E-state index contributed by atoms with van der Waals surface area (Å²) in [5.74, 6) is -0.664. The van der Waals surface area contributed by atoms with E-state index in [-0.39, 0.29) is 35.4 Å². The molecule has 0 radical (unpaired) electrons. The fraction of sp³-hybridized carbons (Fsp3) is 0.263. The Balaban J connectivity index is 1.94. The van der Waals surface area contributed by atoms with Gasteiger partial charge in [-0.1, -0.05) is 29.8 Å². The third kappa shape index (κ3) is 5.77. The van der Waals surface area contributed by atoms with Crippen LogP contribution in [-0.4, -0.2) is 36.9 Å². The Kier molecular flexibility index (Phi) is 7.08. The van der Waals surface area contributed by atoms with E-state index in [1.165, 1.54) is 18.2 Å². The molecule has 0 heterocycles. The van der Waals surface area contributed by atoms with Crippen molar-refractivity contribution in [3.8, 4) is 0 Å². The van der Waals surface area contributed by atoms with Gasteiger partial charge in [0, 0.05) is 16.8 Å². The van der Waals surface area contributed by atoms with Gasteiger partial charge in [0.15, 0.2) is 13.1 Å². The van der Waals surface area contributed by atoms with Crippen LogP contribution in [-0.2, 0) is 9.59 Å². The van der Waals surface area contributed by atoms with E-state index < -0.39 is 10.8 Å². The predicted octanol–water partition coefficient (Wildman–Crippen LogP) is 1.96. The number of aryl methyl sites for hydroxylation is 2. The fourth-order valence-electron chi connectivity index (χ4n) is 2.76. The molecule has 28 heavy (non-hydrogen) atoms. The summed E-state index contributed by atoms with van der Waals surface area (Å²) in [4.78, 5) is 35.6. The molecule has 0 fully saturated rings. The molecule has 0 spiro atoms. The van der Waals surface area contributed by atoms with Crippen LogP contribution in [0.25, 0.3) is 0 Å². The van der Waals surface area contributed by atoms with Crippen molar-refractivity contribution in [2.24, 2.45) is 0 Å². The normalized spacial score (nSPS) is 11.6. The van der Waals surface area contributed by atoms with Crippen LogP contribution in [0.4, 0.5) is 17.1 Å². The number of halogens is 1. The standard InChI is InChI=1S/C19H21ClN4O4/c1-12-5-4-6-13(2)19(12)22-18(26)11-23(3)10-17(25)21-15-8-7-14(20)9-16(15)24(27)28/h4-9H,10-11H2,1-3H3,(H,21,25)(H,22,26)/p+1. The molecule has 0 aromatic heterocycles. The largest absolute Gasteiger partial charge is 0.322 e. The highest BCUT2D eigenvalue weighted by atomic mass is 35.5. The van der Waals surface area contributed by atoms with Crippen LogP contribution in [0, 0.1) is 24.0 Å². The number of para-hydroxylation sites is 1. The van der Waals surface area contributed by atoms with Crippen LogP contribution in [0.3, 0.4) is 0 Å². The lowest BCUT2D eigenvalue weighted by Crippen LogP contribution is -3.11. The molecule has 0 saturated heterocycles. The van der Waals surface area contributed by atoms with Gasteiger partial charge in [-0.05, 0) is 37.1 Å². The van der Waals surface area contributed by atoms with Crippen molar-refractivity contribution in [2.75, 3.05) is 30.8 Å². The van der Waals surface area contributed by atoms with E-state index in [0.717, 1.165) is 16.8 Å². The second-order valence-electron chi connectivity index (χ2n) is 6.59. The van der Waals surface area contributed by atoms with Crippen molar-refractivity contribution in [1.29, 1.82) is 0 Å². The van der Waals surface area contributed by atoms with E-state index in [0.29, 0.717) is 4.90 Å². The number of quaternary nitrogens is 1. The minimum absolute atomic E-state index is 0.0278. The maximum absolute atomic E-state index is 12.3. The summed E-state index contributed by atoms with van der Waals surface area (Å²) in [5.41, 5.74) is 2.46. The van der Waals surface area contributed by atoms with Crippen LogP contribution in [0.1, 0.15) is 11.1 Å². The SMILES string of the molecule is Cc1cccc(C)c1NC(=O)C[NH+](C)CC(=O)Nc1ccc(Cl)cc1[N+](=O)[O-]. The van der Waals surface area contributed by atoms with Crippen LogP contribution >= 0.6 is 11.6 Å². The summed E-state index contributed by atoms with van der Waals surface area (Å²) < 4.78 is 0. The number of benzene rings is 2. The number of nitrogens with zero attached hydrogens (tertiary/aromatic N) is 1. The quantitative estimate of drug-likeness (QED) is 0.483. The monoisotopic (exact) mass is 405 g/mol. The predicted molar refractivity (Wildman–Crippen MR) is 108 cm³/mol. The van der Waals surface area contributed by atoms with Gasteiger partial charge < -0.3 is 15.5 Å². The number of rotatable bonds is 7. The Bertz CT molecular complexity index is 897. The second kappa shape index (κ2) is 9.29. The third-order valence-electron chi connectivity index (χ3n) is 4.10. The first kappa shape index (κ1) is 21.3. The summed E-state index contributed by atoms with van der Waals surface area (Å²) >= 11 is 5.76. The van der Waals surface area contributed by atoms with E-state index in [1.807, 2.05) is 32.0 Å². The Morgan fingerprint density at radius 2 is 1.64 bits per heavy atom. The number of carbonyl (C=O) groups is 2. The first-order valence-electron chi connectivity index (χ1n) is 8.58. The van der Waals surface area contributed by atoms with Crippen molar-refractivity contribution >= 4 is 40.5 Å². The summed E-state index contributed by atoms with van der Waals surface area (Å²) in [5, 5.41) is 16.7. The molecule has 9 heteroatoms. The summed E-state index contributed by atoms with van der Waals surface area (Å²) in [7, 11) is 1.69. The van der Waals surface area contributed by atoms with Crippen LogP contribution in [0.2, 0.25) is 5.02 Å².